The van der Waals surface area contributed by atoms with Gasteiger partial charge in [-0.15, -0.1) is 0 Å². The van der Waals surface area contributed by atoms with Crippen LogP contribution in [0.1, 0.15) is 11.1 Å². The van der Waals surface area contributed by atoms with Crippen molar-refractivity contribution in [2.45, 2.75) is 19.0 Å². The fraction of sp³-hybridized carbons (Fsp3) is 0.263. The molecule has 0 bridgehead atoms. The third-order valence-corrected chi connectivity index (χ3v) is 4.19. The Bertz CT molecular complexity index is 759. The number of rotatable bonds is 5. The topological polar surface area (TPSA) is 79.5 Å². The summed E-state index contributed by atoms with van der Waals surface area (Å²) in [6.07, 6.45) is 0.627. The van der Waals surface area contributed by atoms with Gasteiger partial charge in [0.05, 0.1) is 19.7 Å². The molecule has 3 N–H and O–H groups in total. The number of hydrogen-bond donors (Lipinski definition) is 3. The van der Waals surface area contributed by atoms with Crippen LogP contribution in [0.3, 0.4) is 0 Å². The van der Waals surface area contributed by atoms with Gasteiger partial charge in [-0.05, 0) is 41.8 Å². The molecule has 0 spiro atoms. The number of nitrogens with one attached hydrogen (secondary N) is 3. The highest BCUT2D eigenvalue weighted by molar-refractivity contribution is 5.95. The van der Waals surface area contributed by atoms with Crippen LogP contribution in [0.25, 0.3) is 0 Å². The van der Waals surface area contributed by atoms with Crippen LogP contribution in [0.2, 0.25) is 0 Å². The average Bonchev–Trinajstić information content (AvgIpc) is 2.66. The number of anilines is 1. The number of hydrogen-bond acceptors (Lipinski definition) is 4. The molecule has 1 aliphatic rings. The molecule has 0 saturated carbocycles. The largest absolute Gasteiger partial charge is 0.497 e. The SMILES string of the molecule is COc1ccc(NC(=O)CNC(=O)[C@@H]2Cc3ccccc3CN2)cc1. The molecule has 2 aromatic carbocycles. The molecule has 1 aliphatic heterocycles. The van der Waals surface area contributed by atoms with Gasteiger partial charge in [0, 0.05) is 12.2 Å². The van der Waals surface area contributed by atoms with E-state index in [-0.39, 0.29) is 24.4 Å². The van der Waals surface area contributed by atoms with E-state index in [0.29, 0.717) is 18.7 Å². The van der Waals surface area contributed by atoms with Crippen molar-refractivity contribution >= 4 is 17.5 Å². The van der Waals surface area contributed by atoms with Gasteiger partial charge in [-0.25, -0.2) is 0 Å². The highest BCUT2D eigenvalue weighted by atomic mass is 16.5. The third kappa shape index (κ3) is 4.36. The smallest absolute Gasteiger partial charge is 0.243 e. The van der Waals surface area contributed by atoms with Crippen LogP contribution < -0.4 is 20.7 Å². The van der Waals surface area contributed by atoms with Crippen LogP contribution in [0, 0.1) is 0 Å². The van der Waals surface area contributed by atoms with Gasteiger partial charge < -0.3 is 20.7 Å². The van der Waals surface area contributed by atoms with Crippen molar-refractivity contribution in [2.24, 2.45) is 0 Å². The summed E-state index contributed by atoms with van der Waals surface area (Å²) in [4.78, 5) is 24.3. The van der Waals surface area contributed by atoms with Gasteiger partial charge in [-0.3, -0.25) is 9.59 Å². The normalized spacial score (nSPS) is 15.8. The van der Waals surface area contributed by atoms with Gasteiger partial charge in [0.1, 0.15) is 5.75 Å². The van der Waals surface area contributed by atoms with Crippen molar-refractivity contribution in [1.29, 1.82) is 0 Å². The molecular formula is C19H21N3O3. The summed E-state index contributed by atoms with van der Waals surface area (Å²) < 4.78 is 5.07. The maximum absolute atomic E-state index is 12.3. The van der Waals surface area contributed by atoms with Crippen molar-refractivity contribution in [3.05, 3.63) is 59.7 Å². The van der Waals surface area contributed by atoms with Crippen LogP contribution in [0.4, 0.5) is 5.69 Å². The molecule has 2 aromatic rings. The summed E-state index contributed by atoms with van der Waals surface area (Å²) in [5.41, 5.74) is 3.04. The Hall–Kier alpha value is -2.86. The maximum atomic E-state index is 12.3. The molecular weight excluding hydrogens is 318 g/mol. The number of ether oxygens (including phenoxy) is 1. The van der Waals surface area contributed by atoms with Crippen LogP contribution in [-0.2, 0) is 22.6 Å². The van der Waals surface area contributed by atoms with E-state index in [0.717, 1.165) is 5.75 Å². The molecule has 0 aromatic heterocycles. The summed E-state index contributed by atoms with van der Waals surface area (Å²) >= 11 is 0. The number of benzene rings is 2. The Balaban J connectivity index is 1.48. The van der Waals surface area contributed by atoms with E-state index in [1.807, 2.05) is 18.2 Å². The van der Waals surface area contributed by atoms with Crippen molar-refractivity contribution in [3.63, 3.8) is 0 Å². The predicted octanol–water partition coefficient (Wildman–Crippen LogP) is 1.46. The minimum absolute atomic E-state index is 0.0648. The van der Waals surface area contributed by atoms with E-state index < -0.39 is 0 Å². The van der Waals surface area contributed by atoms with E-state index in [4.69, 9.17) is 4.74 Å². The molecule has 0 saturated heterocycles. The maximum Gasteiger partial charge on any atom is 0.243 e. The lowest BCUT2D eigenvalue weighted by Crippen LogP contribution is -2.49. The lowest BCUT2D eigenvalue weighted by Gasteiger charge is -2.25. The van der Waals surface area contributed by atoms with E-state index in [9.17, 15) is 9.59 Å². The van der Waals surface area contributed by atoms with E-state index in [2.05, 4.69) is 22.0 Å². The lowest BCUT2D eigenvalue weighted by molar-refractivity contribution is -0.125. The summed E-state index contributed by atoms with van der Waals surface area (Å²) in [5, 5.41) is 8.63. The molecule has 0 radical (unpaired) electrons. The first-order valence-corrected chi connectivity index (χ1v) is 8.17. The second kappa shape index (κ2) is 7.81. The zero-order valence-electron chi connectivity index (χ0n) is 14.0. The fourth-order valence-electron chi connectivity index (χ4n) is 2.81. The summed E-state index contributed by atoms with van der Waals surface area (Å²) in [6.45, 7) is 0.594. The minimum atomic E-state index is -0.316. The first kappa shape index (κ1) is 17.0. The Morgan fingerprint density at radius 2 is 1.84 bits per heavy atom. The molecule has 3 rings (SSSR count). The molecule has 1 heterocycles. The molecule has 0 fully saturated rings. The summed E-state index contributed by atoms with van der Waals surface area (Å²) in [5.74, 6) is 0.282. The second-order valence-corrected chi connectivity index (χ2v) is 5.90. The molecule has 2 amide bonds. The second-order valence-electron chi connectivity index (χ2n) is 5.90. The molecule has 0 unspecified atom stereocenters. The Morgan fingerprint density at radius 1 is 1.12 bits per heavy atom. The van der Waals surface area contributed by atoms with Crippen molar-refractivity contribution in [1.82, 2.24) is 10.6 Å². The highest BCUT2D eigenvalue weighted by Crippen LogP contribution is 2.16. The summed E-state index contributed by atoms with van der Waals surface area (Å²) in [6, 6.07) is 14.8. The molecule has 1 atom stereocenters. The van der Waals surface area contributed by atoms with Gasteiger partial charge >= 0.3 is 0 Å². The zero-order chi connectivity index (χ0) is 17.6. The van der Waals surface area contributed by atoms with E-state index in [1.54, 1.807) is 31.4 Å². The van der Waals surface area contributed by atoms with Gasteiger partial charge in [0.2, 0.25) is 11.8 Å². The lowest BCUT2D eigenvalue weighted by atomic mass is 9.95. The Labute approximate surface area is 146 Å². The van der Waals surface area contributed by atoms with E-state index in [1.165, 1.54) is 11.1 Å². The average molecular weight is 339 g/mol. The molecule has 6 heteroatoms. The number of fused-ring (bicyclic) bond motifs is 1. The van der Waals surface area contributed by atoms with Crippen molar-refractivity contribution in [3.8, 4) is 5.75 Å². The number of amides is 2. The molecule has 6 nitrogen and oxygen atoms in total. The van der Waals surface area contributed by atoms with Gasteiger partial charge in [-0.1, -0.05) is 24.3 Å². The Morgan fingerprint density at radius 3 is 2.56 bits per heavy atom. The third-order valence-electron chi connectivity index (χ3n) is 4.19. The van der Waals surface area contributed by atoms with Crippen molar-refractivity contribution < 1.29 is 14.3 Å². The first-order chi connectivity index (χ1) is 12.2. The quantitative estimate of drug-likeness (QED) is 0.771. The van der Waals surface area contributed by atoms with E-state index >= 15 is 0 Å². The number of carbonyl (C=O) groups is 2. The molecule has 0 aliphatic carbocycles. The van der Waals surface area contributed by atoms with Crippen LogP contribution >= 0.6 is 0 Å². The van der Waals surface area contributed by atoms with Gasteiger partial charge in [0.25, 0.3) is 0 Å². The zero-order valence-corrected chi connectivity index (χ0v) is 14.0. The van der Waals surface area contributed by atoms with Crippen molar-refractivity contribution in [2.75, 3.05) is 19.0 Å². The van der Waals surface area contributed by atoms with Crippen LogP contribution in [-0.4, -0.2) is 31.5 Å². The fourth-order valence-corrected chi connectivity index (χ4v) is 2.81. The van der Waals surface area contributed by atoms with Gasteiger partial charge in [0.15, 0.2) is 0 Å². The monoisotopic (exact) mass is 339 g/mol. The number of carbonyl (C=O) groups excluding carboxylic acids is 2. The first-order valence-electron chi connectivity index (χ1n) is 8.17. The highest BCUT2D eigenvalue weighted by Gasteiger charge is 2.23. The minimum Gasteiger partial charge on any atom is -0.497 e. The molecule has 25 heavy (non-hydrogen) atoms. The Kier molecular flexibility index (Phi) is 5.30. The summed E-state index contributed by atoms with van der Waals surface area (Å²) in [7, 11) is 1.58. The van der Waals surface area contributed by atoms with Crippen LogP contribution in [0.5, 0.6) is 5.75 Å². The van der Waals surface area contributed by atoms with Gasteiger partial charge in [-0.2, -0.15) is 0 Å². The number of methoxy groups -OCH3 is 1. The predicted molar refractivity (Wildman–Crippen MR) is 95.4 cm³/mol. The van der Waals surface area contributed by atoms with Crippen LogP contribution in [0.15, 0.2) is 48.5 Å². The standard InChI is InChI=1S/C19H21N3O3/c1-25-16-8-6-15(7-9-16)22-18(23)12-21-19(24)17-10-13-4-2-3-5-14(13)11-20-17/h2-9,17,20H,10-12H2,1H3,(H,21,24)(H,22,23)/t17-/m0/s1. The molecule has 130 valence electrons.